The molecule has 0 spiro atoms. The Labute approximate surface area is 88.0 Å². The van der Waals surface area contributed by atoms with Crippen molar-refractivity contribution in [2.75, 3.05) is 12.0 Å². The smallest absolute Gasteiger partial charge is 0.0503 e. The van der Waals surface area contributed by atoms with Crippen LogP contribution >= 0.6 is 0 Å². The highest BCUT2D eigenvalue weighted by Gasteiger charge is 2.08. The lowest BCUT2D eigenvalue weighted by Gasteiger charge is -2.12. The first kappa shape index (κ1) is 11.2. The predicted octanol–water partition coefficient (Wildman–Crippen LogP) is 2.27. The molecule has 2 nitrogen and oxygen atoms in total. The van der Waals surface area contributed by atoms with Gasteiger partial charge in [0.15, 0.2) is 0 Å². The zero-order chi connectivity index (χ0) is 10.7. The molecule has 78 valence electrons. The lowest BCUT2D eigenvalue weighted by molar-refractivity contribution is 0.686. The average molecular weight is 211 g/mol. The van der Waals surface area contributed by atoms with Gasteiger partial charge in [0.1, 0.15) is 0 Å². The molecule has 1 aromatic carbocycles. The highest BCUT2D eigenvalue weighted by molar-refractivity contribution is 7.83. The maximum absolute atomic E-state index is 11.1. The standard InChI is InChI=1S/C11H17NOS/c1-8(2)10-6-4-5-9(11(10)12)7-14(3)13/h4-6,8H,7,12H2,1-3H3. The van der Waals surface area contributed by atoms with E-state index in [1.807, 2.05) is 18.2 Å². The number of nitrogens with two attached hydrogens (primary N) is 1. The van der Waals surface area contributed by atoms with Gasteiger partial charge in [0, 0.05) is 22.7 Å². The van der Waals surface area contributed by atoms with Gasteiger partial charge in [-0.3, -0.25) is 4.21 Å². The van der Waals surface area contributed by atoms with E-state index in [4.69, 9.17) is 5.73 Å². The van der Waals surface area contributed by atoms with Crippen molar-refractivity contribution < 1.29 is 4.21 Å². The summed E-state index contributed by atoms with van der Waals surface area (Å²) in [6.45, 7) is 4.22. The monoisotopic (exact) mass is 211 g/mol. The first-order chi connectivity index (χ1) is 6.52. The molecule has 0 aromatic heterocycles. The molecule has 0 fully saturated rings. The van der Waals surface area contributed by atoms with Crippen molar-refractivity contribution in [1.82, 2.24) is 0 Å². The Morgan fingerprint density at radius 2 is 2.07 bits per heavy atom. The van der Waals surface area contributed by atoms with E-state index >= 15 is 0 Å². The molecular weight excluding hydrogens is 194 g/mol. The molecular formula is C11H17NOS. The number of rotatable bonds is 3. The Morgan fingerprint density at radius 1 is 1.43 bits per heavy atom. The van der Waals surface area contributed by atoms with Crippen LogP contribution in [0.25, 0.3) is 0 Å². The van der Waals surface area contributed by atoms with Crippen LogP contribution in [0.1, 0.15) is 30.9 Å². The highest BCUT2D eigenvalue weighted by Crippen LogP contribution is 2.25. The molecule has 0 aliphatic rings. The Bertz CT molecular complexity index is 347. The van der Waals surface area contributed by atoms with Crippen molar-refractivity contribution in [3.63, 3.8) is 0 Å². The minimum atomic E-state index is -0.828. The molecule has 0 saturated heterocycles. The second kappa shape index (κ2) is 4.60. The molecule has 0 radical (unpaired) electrons. The van der Waals surface area contributed by atoms with E-state index in [0.29, 0.717) is 11.7 Å². The molecule has 0 bridgehead atoms. The number of benzene rings is 1. The van der Waals surface area contributed by atoms with Crippen LogP contribution in [0.15, 0.2) is 18.2 Å². The fourth-order valence-corrected chi connectivity index (χ4v) is 2.17. The highest BCUT2D eigenvalue weighted by atomic mass is 32.2. The lowest BCUT2D eigenvalue weighted by Crippen LogP contribution is -2.03. The van der Waals surface area contributed by atoms with Crippen LogP contribution in [0.5, 0.6) is 0 Å². The van der Waals surface area contributed by atoms with Gasteiger partial charge < -0.3 is 5.73 Å². The van der Waals surface area contributed by atoms with Gasteiger partial charge in [-0.25, -0.2) is 0 Å². The van der Waals surface area contributed by atoms with Crippen LogP contribution in [0.3, 0.4) is 0 Å². The van der Waals surface area contributed by atoms with E-state index in [2.05, 4.69) is 13.8 Å². The third kappa shape index (κ3) is 2.58. The predicted molar refractivity (Wildman–Crippen MR) is 62.7 cm³/mol. The topological polar surface area (TPSA) is 43.1 Å². The van der Waals surface area contributed by atoms with Gasteiger partial charge in [-0.05, 0) is 17.0 Å². The molecule has 1 unspecified atom stereocenters. The minimum absolute atomic E-state index is 0.417. The fraction of sp³-hybridized carbons (Fsp3) is 0.455. The molecule has 2 N–H and O–H groups in total. The first-order valence-electron chi connectivity index (χ1n) is 4.69. The van der Waals surface area contributed by atoms with Crippen molar-refractivity contribution in [1.29, 1.82) is 0 Å². The van der Waals surface area contributed by atoms with Crippen molar-refractivity contribution in [3.05, 3.63) is 29.3 Å². The fourth-order valence-electron chi connectivity index (χ4n) is 1.48. The van der Waals surface area contributed by atoms with Crippen LogP contribution in [0.2, 0.25) is 0 Å². The Morgan fingerprint density at radius 3 is 2.57 bits per heavy atom. The Balaban J connectivity index is 3.07. The van der Waals surface area contributed by atoms with Gasteiger partial charge in [-0.1, -0.05) is 32.0 Å². The summed E-state index contributed by atoms with van der Waals surface area (Å²) >= 11 is 0. The molecule has 3 heteroatoms. The summed E-state index contributed by atoms with van der Waals surface area (Å²) in [5.41, 5.74) is 8.95. The van der Waals surface area contributed by atoms with Crippen molar-refractivity contribution in [2.45, 2.75) is 25.5 Å². The third-order valence-corrected chi connectivity index (χ3v) is 2.93. The summed E-state index contributed by atoms with van der Waals surface area (Å²) < 4.78 is 11.1. The summed E-state index contributed by atoms with van der Waals surface area (Å²) in [7, 11) is -0.828. The van der Waals surface area contributed by atoms with Crippen molar-refractivity contribution in [3.8, 4) is 0 Å². The number of para-hydroxylation sites is 1. The Hall–Kier alpha value is -0.830. The SMILES string of the molecule is CC(C)c1cccc(CS(C)=O)c1N. The van der Waals surface area contributed by atoms with Crippen LogP contribution < -0.4 is 5.73 Å². The minimum Gasteiger partial charge on any atom is -0.398 e. The van der Waals surface area contributed by atoms with Crippen LogP contribution in [-0.2, 0) is 16.6 Å². The van der Waals surface area contributed by atoms with E-state index < -0.39 is 10.8 Å². The normalized spacial score (nSPS) is 13.1. The quantitative estimate of drug-likeness (QED) is 0.779. The molecule has 0 amide bonds. The lowest BCUT2D eigenvalue weighted by atomic mass is 9.99. The second-order valence-corrected chi connectivity index (χ2v) is 5.23. The molecule has 14 heavy (non-hydrogen) atoms. The van der Waals surface area contributed by atoms with Gasteiger partial charge in [0.2, 0.25) is 0 Å². The van der Waals surface area contributed by atoms with Crippen molar-refractivity contribution in [2.24, 2.45) is 0 Å². The van der Waals surface area contributed by atoms with Crippen LogP contribution in [0, 0.1) is 0 Å². The number of hydrogen-bond acceptors (Lipinski definition) is 2. The van der Waals surface area contributed by atoms with E-state index in [0.717, 1.165) is 16.8 Å². The molecule has 0 heterocycles. The maximum Gasteiger partial charge on any atom is 0.0503 e. The van der Waals surface area contributed by atoms with Gasteiger partial charge in [0.25, 0.3) is 0 Å². The third-order valence-electron chi connectivity index (χ3n) is 2.21. The average Bonchev–Trinajstić information content (AvgIpc) is 2.07. The van der Waals surface area contributed by atoms with E-state index in [1.54, 1.807) is 6.26 Å². The number of hydrogen-bond donors (Lipinski definition) is 1. The summed E-state index contributed by atoms with van der Waals surface area (Å²) in [6, 6.07) is 5.96. The molecule has 1 aromatic rings. The van der Waals surface area contributed by atoms with Crippen LogP contribution in [0.4, 0.5) is 5.69 Å². The summed E-state index contributed by atoms with van der Waals surface area (Å²) in [6.07, 6.45) is 1.70. The first-order valence-corrected chi connectivity index (χ1v) is 6.42. The van der Waals surface area contributed by atoms with Gasteiger partial charge >= 0.3 is 0 Å². The van der Waals surface area contributed by atoms with Gasteiger partial charge in [-0.15, -0.1) is 0 Å². The molecule has 1 atom stereocenters. The van der Waals surface area contributed by atoms with Crippen molar-refractivity contribution >= 4 is 16.5 Å². The summed E-state index contributed by atoms with van der Waals surface area (Å²) in [5, 5.41) is 0. The largest absolute Gasteiger partial charge is 0.398 e. The van der Waals surface area contributed by atoms with Crippen LogP contribution in [-0.4, -0.2) is 10.5 Å². The molecule has 1 rings (SSSR count). The second-order valence-electron chi connectivity index (χ2n) is 3.79. The van der Waals surface area contributed by atoms with Gasteiger partial charge in [-0.2, -0.15) is 0 Å². The molecule has 0 saturated carbocycles. The van der Waals surface area contributed by atoms with Gasteiger partial charge in [0.05, 0.1) is 5.75 Å². The Kier molecular flexibility index (Phi) is 3.69. The zero-order valence-electron chi connectivity index (χ0n) is 8.91. The van der Waals surface area contributed by atoms with E-state index in [9.17, 15) is 4.21 Å². The number of nitrogen functional groups attached to an aromatic ring is 1. The maximum atomic E-state index is 11.1. The summed E-state index contributed by atoms with van der Waals surface area (Å²) in [4.78, 5) is 0. The zero-order valence-corrected chi connectivity index (χ0v) is 9.73. The molecule has 0 aliphatic carbocycles. The van der Waals surface area contributed by atoms with E-state index in [-0.39, 0.29) is 0 Å². The molecule has 0 aliphatic heterocycles. The summed E-state index contributed by atoms with van der Waals surface area (Å²) in [5.74, 6) is 0.965. The number of anilines is 1. The van der Waals surface area contributed by atoms with E-state index in [1.165, 1.54) is 0 Å².